The van der Waals surface area contributed by atoms with E-state index in [9.17, 15) is 4.79 Å². The third-order valence-corrected chi connectivity index (χ3v) is 3.84. The summed E-state index contributed by atoms with van der Waals surface area (Å²) in [5, 5.41) is 3.80. The van der Waals surface area contributed by atoms with Crippen LogP contribution in [0.25, 0.3) is 10.9 Å². The van der Waals surface area contributed by atoms with Gasteiger partial charge in [-0.1, -0.05) is 18.2 Å². The molecule has 2 heterocycles. The molecule has 4 aromatic rings. The van der Waals surface area contributed by atoms with E-state index in [4.69, 9.17) is 4.74 Å². The van der Waals surface area contributed by atoms with Gasteiger partial charge >= 0.3 is 0 Å². The van der Waals surface area contributed by atoms with Crippen molar-refractivity contribution in [3.8, 4) is 11.5 Å². The molecule has 6 heteroatoms. The highest BCUT2D eigenvalue weighted by Crippen LogP contribution is 2.29. The average molecular weight is 344 g/mol. The number of benzene rings is 2. The van der Waals surface area contributed by atoms with Crippen molar-refractivity contribution >= 4 is 22.5 Å². The SMILES string of the molecule is O=C(Cn1ccnc1)Nc1cccc(Oc2ccnc3ccccc23)c1. The number of anilines is 1. The first-order chi connectivity index (χ1) is 12.8. The van der Waals surface area contributed by atoms with Gasteiger partial charge in [0.2, 0.25) is 5.91 Å². The number of hydrogen-bond acceptors (Lipinski definition) is 4. The molecule has 0 saturated carbocycles. The summed E-state index contributed by atoms with van der Waals surface area (Å²) < 4.78 is 7.72. The lowest BCUT2D eigenvalue weighted by atomic mass is 10.2. The number of fused-ring (bicyclic) bond motifs is 1. The van der Waals surface area contributed by atoms with Crippen LogP contribution in [-0.4, -0.2) is 20.4 Å². The number of carbonyl (C=O) groups excluding carboxylic acids is 1. The van der Waals surface area contributed by atoms with Crippen molar-refractivity contribution in [3.63, 3.8) is 0 Å². The summed E-state index contributed by atoms with van der Waals surface area (Å²) >= 11 is 0. The molecule has 4 rings (SSSR count). The first-order valence-electron chi connectivity index (χ1n) is 8.15. The van der Waals surface area contributed by atoms with Crippen LogP contribution in [0, 0.1) is 0 Å². The molecule has 1 N–H and O–H groups in total. The Balaban J connectivity index is 1.51. The molecule has 0 bridgehead atoms. The van der Waals surface area contributed by atoms with E-state index in [0.29, 0.717) is 11.4 Å². The predicted molar refractivity (Wildman–Crippen MR) is 99.1 cm³/mol. The maximum Gasteiger partial charge on any atom is 0.244 e. The van der Waals surface area contributed by atoms with E-state index in [2.05, 4.69) is 15.3 Å². The topological polar surface area (TPSA) is 69.0 Å². The highest BCUT2D eigenvalue weighted by atomic mass is 16.5. The molecule has 0 unspecified atom stereocenters. The molecule has 0 spiro atoms. The van der Waals surface area contributed by atoms with Crippen LogP contribution in [0.5, 0.6) is 11.5 Å². The van der Waals surface area contributed by atoms with Crippen molar-refractivity contribution < 1.29 is 9.53 Å². The smallest absolute Gasteiger partial charge is 0.244 e. The van der Waals surface area contributed by atoms with E-state index in [1.165, 1.54) is 0 Å². The van der Waals surface area contributed by atoms with Crippen molar-refractivity contribution in [2.45, 2.75) is 6.54 Å². The van der Waals surface area contributed by atoms with E-state index >= 15 is 0 Å². The number of carbonyl (C=O) groups is 1. The fourth-order valence-electron chi connectivity index (χ4n) is 2.67. The Hall–Kier alpha value is -3.67. The summed E-state index contributed by atoms with van der Waals surface area (Å²) in [6, 6.07) is 16.9. The first kappa shape index (κ1) is 15.8. The Morgan fingerprint density at radius 2 is 2.00 bits per heavy atom. The summed E-state index contributed by atoms with van der Waals surface area (Å²) in [4.78, 5) is 20.4. The Morgan fingerprint density at radius 1 is 1.08 bits per heavy atom. The fourth-order valence-corrected chi connectivity index (χ4v) is 2.67. The monoisotopic (exact) mass is 344 g/mol. The normalized spacial score (nSPS) is 10.6. The number of aromatic nitrogens is 3. The quantitative estimate of drug-likeness (QED) is 0.597. The van der Waals surface area contributed by atoms with E-state index in [1.807, 2.05) is 48.5 Å². The van der Waals surface area contributed by atoms with Crippen LogP contribution in [0.2, 0.25) is 0 Å². The van der Waals surface area contributed by atoms with Crippen molar-refractivity contribution in [3.05, 3.63) is 79.5 Å². The van der Waals surface area contributed by atoms with E-state index in [1.54, 1.807) is 35.6 Å². The Morgan fingerprint density at radius 3 is 2.88 bits per heavy atom. The average Bonchev–Trinajstić information content (AvgIpc) is 3.15. The molecule has 0 radical (unpaired) electrons. The lowest BCUT2D eigenvalue weighted by molar-refractivity contribution is -0.116. The summed E-state index contributed by atoms with van der Waals surface area (Å²) in [5.74, 6) is 1.23. The predicted octanol–water partition coefficient (Wildman–Crippen LogP) is 3.86. The van der Waals surface area contributed by atoms with Gasteiger partial charge in [-0.15, -0.1) is 0 Å². The van der Waals surface area contributed by atoms with E-state index in [0.717, 1.165) is 16.7 Å². The zero-order valence-electron chi connectivity index (χ0n) is 13.9. The number of imidazole rings is 1. The lowest BCUT2D eigenvalue weighted by Gasteiger charge is -2.11. The molecule has 6 nitrogen and oxygen atoms in total. The molecule has 0 aliphatic heterocycles. The Bertz CT molecular complexity index is 1040. The molecule has 0 saturated heterocycles. The van der Waals surface area contributed by atoms with E-state index < -0.39 is 0 Å². The lowest BCUT2D eigenvalue weighted by Crippen LogP contribution is -2.17. The van der Waals surface area contributed by atoms with Gasteiger partial charge < -0.3 is 14.6 Å². The van der Waals surface area contributed by atoms with Gasteiger partial charge in [0.1, 0.15) is 18.0 Å². The van der Waals surface area contributed by atoms with Crippen molar-refractivity contribution in [1.29, 1.82) is 0 Å². The summed E-state index contributed by atoms with van der Waals surface area (Å²) in [6.45, 7) is 0.208. The molecule has 2 aromatic carbocycles. The van der Waals surface area contributed by atoms with Crippen molar-refractivity contribution in [1.82, 2.24) is 14.5 Å². The van der Waals surface area contributed by atoms with Gasteiger partial charge in [-0.3, -0.25) is 9.78 Å². The number of nitrogens with zero attached hydrogens (tertiary/aromatic N) is 3. The number of hydrogen-bond donors (Lipinski definition) is 1. The molecular weight excluding hydrogens is 328 g/mol. The molecule has 1 amide bonds. The standard InChI is InChI=1S/C20H16N4O2/c25-20(13-24-11-10-21-14-24)23-15-4-3-5-16(12-15)26-19-8-9-22-18-7-2-1-6-17(18)19/h1-12,14H,13H2,(H,23,25). The summed E-state index contributed by atoms with van der Waals surface area (Å²) in [6.07, 6.45) is 6.70. The Labute approximate surface area is 150 Å². The van der Waals surface area contributed by atoms with Crippen LogP contribution in [-0.2, 0) is 11.3 Å². The van der Waals surface area contributed by atoms with Crippen molar-refractivity contribution in [2.75, 3.05) is 5.32 Å². The van der Waals surface area contributed by atoms with Crippen LogP contribution in [0.1, 0.15) is 0 Å². The van der Waals surface area contributed by atoms with Gasteiger partial charge in [0.25, 0.3) is 0 Å². The second kappa shape index (κ2) is 7.06. The van der Waals surface area contributed by atoms with Crippen LogP contribution in [0.15, 0.2) is 79.5 Å². The molecule has 26 heavy (non-hydrogen) atoms. The molecule has 0 fully saturated rings. The first-order valence-corrected chi connectivity index (χ1v) is 8.15. The van der Waals surface area contributed by atoms with Gasteiger partial charge in [-0.2, -0.15) is 0 Å². The molecule has 2 aromatic heterocycles. The van der Waals surface area contributed by atoms with Crippen LogP contribution in [0.4, 0.5) is 5.69 Å². The maximum atomic E-state index is 12.1. The second-order valence-electron chi connectivity index (χ2n) is 5.74. The number of para-hydroxylation sites is 1. The van der Waals surface area contributed by atoms with Gasteiger partial charge in [0.15, 0.2) is 0 Å². The third-order valence-electron chi connectivity index (χ3n) is 3.84. The van der Waals surface area contributed by atoms with Crippen LogP contribution in [0.3, 0.4) is 0 Å². The zero-order chi connectivity index (χ0) is 17.8. The van der Waals surface area contributed by atoms with Crippen molar-refractivity contribution in [2.24, 2.45) is 0 Å². The second-order valence-corrected chi connectivity index (χ2v) is 5.74. The number of ether oxygens (including phenoxy) is 1. The van der Waals surface area contributed by atoms with E-state index in [-0.39, 0.29) is 12.5 Å². The molecule has 128 valence electrons. The molecule has 0 atom stereocenters. The highest BCUT2D eigenvalue weighted by molar-refractivity contribution is 5.90. The minimum Gasteiger partial charge on any atom is -0.457 e. The number of nitrogens with one attached hydrogen (secondary N) is 1. The van der Waals surface area contributed by atoms with Gasteiger partial charge in [-0.05, 0) is 30.3 Å². The minimum absolute atomic E-state index is 0.130. The number of amides is 1. The maximum absolute atomic E-state index is 12.1. The summed E-state index contributed by atoms with van der Waals surface area (Å²) in [5.41, 5.74) is 1.54. The van der Waals surface area contributed by atoms with Crippen LogP contribution >= 0.6 is 0 Å². The molecular formula is C20H16N4O2. The van der Waals surface area contributed by atoms with Gasteiger partial charge in [-0.25, -0.2) is 4.98 Å². The Kier molecular flexibility index (Phi) is 4.30. The fraction of sp³-hybridized carbons (Fsp3) is 0.0500. The largest absolute Gasteiger partial charge is 0.457 e. The minimum atomic E-state index is -0.130. The zero-order valence-corrected chi connectivity index (χ0v) is 13.9. The third kappa shape index (κ3) is 3.54. The van der Waals surface area contributed by atoms with Gasteiger partial charge in [0, 0.05) is 35.7 Å². The molecule has 0 aliphatic carbocycles. The van der Waals surface area contributed by atoms with Crippen LogP contribution < -0.4 is 10.1 Å². The highest BCUT2D eigenvalue weighted by Gasteiger charge is 2.07. The number of rotatable bonds is 5. The summed E-state index contributed by atoms with van der Waals surface area (Å²) in [7, 11) is 0. The van der Waals surface area contributed by atoms with Gasteiger partial charge in [0.05, 0.1) is 11.8 Å². The number of pyridine rings is 1. The molecule has 0 aliphatic rings.